The fourth-order valence-electron chi connectivity index (χ4n) is 1.68. The number of carbonyl (C=O) groups excluding carboxylic acids is 1. The van der Waals surface area contributed by atoms with Crippen LogP contribution in [0.4, 0.5) is 11.5 Å². The van der Waals surface area contributed by atoms with E-state index in [0.717, 1.165) is 23.6 Å². The molecular formula is C11H15N3O. The Bertz CT molecular complexity index is 389. The summed E-state index contributed by atoms with van der Waals surface area (Å²) in [5.41, 5.74) is 1.73. The van der Waals surface area contributed by atoms with E-state index in [9.17, 15) is 4.79 Å². The van der Waals surface area contributed by atoms with Gasteiger partial charge < -0.3 is 10.6 Å². The first-order chi connectivity index (χ1) is 7.19. The second-order valence-electron chi connectivity index (χ2n) is 3.85. The largest absolute Gasteiger partial charge is 0.365 e. The molecule has 2 N–H and O–H groups in total. The maximum Gasteiger partial charge on any atom is 0.226 e. The molecule has 0 saturated carbocycles. The average Bonchev–Trinajstić information content (AvgIpc) is 2.35. The summed E-state index contributed by atoms with van der Waals surface area (Å²) >= 11 is 0. The number of hydrogen-bond acceptors (Lipinski definition) is 3. The zero-order valence-corrected chi connectivity index (χ0v) is 9.00. The van der Waals surface area contributed by atoms with Crippen LogP contribution in [0.3, 0.4) is 0 Å². The lowest BCUT2D eigenvalue weighted by Crippen LogP contribution is -2.21. The Labute approximate surface area is 89.1 Å². The number of fused-ring (bicyclic) bond motifs is 1. The highest BCUT2D eigenvalue weighted by Crippen LogP contribution is 2.24. The standard InChI is InChI=1S/C11H15N3O/c1-3-8-6-10(15)14-9-5-4-7(2)12-11(9)13-8/h4-5,8H,3,6H2,1-2H3,(H,12,13)(H,14,15). The second kappa shape index (κ2) is 3.88. The average molecular weight is 205 g/mol. The van der Waals surface area contributed by atoms with Gasteiger partial charge in [0.1, 0.15) is 5.82 Å². The van der Waals surface area contributed by atoms with E-state index in [2.05, 4.69) is 22.5 Å². The molecule has 1 atom stereocenters. The Morgan fingerprint density at radius 3 is 3.07 bits per heavy atom. The molecule has 1 amide bonds. The zero-order chi connectivity index (χ0) is 10.8. The first-order valence-corrected chi connectivity index (χ1v) is 5.23. The van der Waals surface area contributed by atoms with Crippen LogP contribution in [-0.4, -0.2) is 16.9 Å². The molecule has 0 fully saturated rings. The minimum absolute atomic E-state index is 0.0544. The summed E-state index contributed by atoms with van der Waals surface area (Å²) in [5, 5.41) is 6.14. The number of rotatable bonds is 1. The molecule has 4 nitrogen and oxygen atoms in total. The zero-order valence-electron chi connectivity index (χ0n) is 9.00. The lowest BCUT2D eigenvalue weighted by Gasteiger charge is -2.13. The van der Waals surface area contributed by atoms with Gasteiger partial charge in [0.15, 0.2) is 0 Å². The van der Waals surface area contributed by atoms with Crippen molar-refractivity contribution in [3.63, 3.8) is 0 Å². The molecule has 80 valence electrons. The number of pyridine rings is 1. The number of nitrogens with zero attached hydrogens (tertiary/aromatic N) is 1. The van der Waals surface area contributed by atoms with Gasteiger partial charge in [0, 0.05) is 18.2 Å². The third-order valence-electron chi connectivity index (χ3n) is 2.57. The van der Waals surface area contributed by atoms with Gasteiger partial charge in [-0.3, -0.25) is 4.79 Å². The molecule has 1 aliphatic rings. The Balaban J connectivity index is 2.36. The number of aromatic nitrogens is 1. The molecule has 1 aromatic heterocycles. The van der Waals surface area contributed by atoms with Crippen LogP contribution in [-0.2, 0) is 4.79 Å². The van der Waals surface area contributed by atoms with Gasteiger partial charge in [0.2, 0.25) is 5.91 Å². The van der Waals surface area contributed by atoms with Gasteiger partial charge in [-0.15, -0.1) is 0 Å². The van der Waals surface area contributed by atoms with Crippen molar-refractivity contribution < 1.29 is 4.79 Å². The highest BCUT2D eigenvalue weighted by atomic mass is 16.1. The maximum absolute atomic E-state index is 11.5. The predicted octanol–water partition coefficient (Wildman–Crippen LogP) is 1.92. The number of nitrogens with one attached hydrogen (secondary N) is 2. The van der Waals surface area contributed by atoms with E-state index in [4.69, 9.17) is 0 Å². The Morgan fingerprint density at radius 2 is 2.33 bits per heavy atom. The van der Waals surface area contributed by atoms with Gasteiger partial charge in [-0.1, -0.05) is 6.92 Å². The molecule has 2 rings (SSSR count). The van der Waals surface area contributed by atoms with Crippen molar-refractivity contribution in [2.45, 2.75) is 32.7 Å². The van der Waals surface area contributed by atoms with E-state index >= 15 is 0 Å². The smallest absolute Gasteiger partial charge is 0.226 e. The molecule has 0 bridgehead atoms. The lowest BCUT2D eigenvalue weighted by atomic mass is 10.1. The van der Waals surface area contributed by atoms with Crippen LogP contribution >= 0.6 is 0 Å². The molecule has 4 heteroatoms. The van der Waals surface area contributed by atoms with E-state index in [1.807, 2.05) is 19.1 Å². The molecule has 0 aliphatic carbocycles. The van der Waals surface area contributed by atoms with E-state index in [1.54, 1.807) is 0 Å². The van der Waals surface area contributed by atoms with Crippen LogP contribution in [0.25, 0.3) is 0 Å². The van der Waals surface area contributed by atoms with Gasteiger partial charge in [0.25, 0.3) is 0 Å². The van der Waals surface area contributed by atoms with Crippen LogP contribution < -0.4 is 10.6 Å². The van der Waals surface area contributed by atoms with Crippen molar-refractivity contribution in [1.29, 1.82) is 0 Å². The number of amides is 1. The quantitative estimate of drug-likeness (QED) is 0.736. The van der Waals surface area contributed by atoms with Crippen LogP contribution in [0.5, 0.6) is 0 Å². The molecular weight excluding hydrogens is 190 g/mol. The molecule has 0 radical (unpaired) electrons. The lowest BCUT2D eigenvalue weighted by molar-refractivity contribution is -0.116. The third kappa shape index (κ3) is 2.09. The van der Waals surface area contributed by atoms with E-state index < -0.39 is 0 Å². The number of aryl methyl sites for hydroxylation is 1. The highest BCUT2D eigenvalue weighted by molar-refractivity contribution is 5.95. The minimum Gasteiger partial charge on any atom is -0.365 e. The van der Waals surface area contributed by atoms with Gasteiger partial charge in [-0.05, 0) is 25.5 Å². The Morgan fingerprint density at radius 1 is 1.53 bits per heavy atom. The van der Waals surface area contributed by atoms with E-state index in [1.165, 1.54) is 0 Å². The van der Waals surface area contributed by atoms with Gasteiger partial charge in [0.05, 0.1) is 5.69 Å². The molecule has 1 aromatic rings. The van der Waals surface area contributed by atoms with E-state index in [0.29, 0.717) is 6.42 Å². The summed E-state index contributed by atoms with van der Waals surface area (Å²) < 4.78 is 0. The maximum atomic E-state index is 11.5. The van der Waals surface area contributed by atoms with Gasteiger partial charge in [-0.2, -0.15) is 0 Å². The van der Waals surface area contributed by atoms with Crippen LogP contribution in [0.1, 0.15) is 25.5 Å². The van der Waals surface area contributed by atoms with E-state index in [-0.39, 0.29) is 11.9 Å². The minimum atomic E-state index is 0.0544. The van der Waals surface area contributed by atoms with Crippen molar-refractivity contribution in [3.05, 3.63) is 17.8 Å². The van der Waals surface area contributed by atoms with Crippen molar-refractivity contribution in [2.24, 2.45) is 0 Å². The molecule has 0 aromatic carbocycles. The summed E-state index contributed by atoms with van der Waals surface area (Å²) in [6.45, 7) is 4.00. The summed E-state index contributed by atoms with van der Waals surface area (Å²) in [6.07, 6.45) is 1.42. The Hall–Kier alpha value is -1.58. The first-order valence-electron chi connectivity index (χ1n) is 5.23. The topological polar surface area (TPSA) is 54.0 Å². The summed E-state index contributed by atoms with van der Waals surface area (Å²) in [6, 6.07) is 3.97. The van der Waals surface area contributed by atoms with Crippen molar-refractivity contribution in [3.8, 4) is 0 Å². The molecule has 0 saturated heterocycles. The molecule has 1 unspecified atom stereocenters. The number of anilines is 2. The number of hydrogen-bond donors (Lipinski definition) is 2. The molecule has 2 heterocycles. The van der Waals surface area contributed by atoms with Crippen LogP contribution in [0.2, 0.25) is 0 Å². The first kappa shape index (κ1) is 9.96. The second-order valence-corrected chi connectivity index (χ2v) is 3.85. The fourth-order valence-corrected chi connectivity index (χ4v) is 1.68. The monoisotopic (exact) mass is 205 g/mol. The van der Waals surface area contributed by atoms with Crippen LogP contribution in [0, 0.1) is 6.92 Å². The fraction of sp³-hybridized carbons (Fsp3) is 0.455. The predicted molar refractivity (Wildman–Crippen MR) is 59.9 cm³/mol. The summed E-state index contributed by atoms with van der Waals surface area (Å²) in [4.78, 5) is 15.9. The Kier molecular flexibility index (Phi) is 2.58. The summed E-state index contributed by atoms with van der Waals surface area (Å²) in [7, 11) is 0. The van der Waals surface area contributed by atoms with Gasteiger partial charge in [-0.25, -0.2) is 4.98 Å². The molecule has 1 aliphatic heterocycles. The molecule has 15 heavy (non-hydrogen) atoms. The van der Waals surface area contributed by atoms with Crippen molar-refractivity contribution in [1.82, 2.24) is 4.98 Å². The third-order valence-corrected chi connectivity index (χ3v) is 2.57. The van der Waals surface area contributed by atoms with Crippen LogP contribution in [0.15, 0.2) is 12.1 Å². The normalized spacial score (nSPS) is 19.9. The summed E-state index contributed by atoms with van der Waals surface area (Å²) in [5.74, 6) is 0.839. The van der Waals surface area contributed by atoms with Crippen molar-refractivity contribution in [2.75, 3.05) is 10.6 Å². The van der Waals surface area contributed by atoms with Crippen molar-refractivity contribution >= 4 is 17.4 Å². The van der Waals surface area contributed by atoms with Gasteiger partial charge >= 0.3 is 0 Å². The SMILES string of the molecule is CCC1CC(=O)Nc2ccc(C)nc2N1. The molecule has 0 spiro atoms. The number of carbonyl (C=O) groups is 1. The highest BCUT2D eigenvalue weighted by Gasteiger charge is 2.19.